The first-order chi connectivity index (χ1) is 16.3. The van der Waals surface area contributed by atoms with Crippen LogP contribution < -0.4 is 10.2 Å². The molecule has 2 aromatic rings. The second kappa shape index (κ2) is 10.6. The van der Waals surface area contributed by atoms with E-state index in [1.807, 2.05) is 37.2 Å². The van der Waals surface area contributed by atoms with Gasteiger partial charge in [-0.15, -0.1) is 0 Å². The van der Waals surface area contributed by atoms with Crippen molar-refractivity contribution < 1.29 is 19.1 Å². The number of hydrogen-bond acceptors (Lipinski definition) is 7. The predicted octanol–water partition coefficient (Wildman–Crippen LogP) is 2.90. The second-order valence-corrected chi connectivity index (χ2v) is 15.3. The van der Waals surface area contributed by atoms with Crippen LogP contribution in [-0.4, -0.2) is 101 Å². The Morgan fingerprint density at radius 2 is 1.94 bits per heavy atom. The smallest absolute Gasteiger partial charge is 0.410 e. The summed E-state index contributed by atoms with van der Waals surface area (Å²) < 4.78 is 13.2. The third-order valence-electron chi connectivity index (χ3n) is 5.62. The van der Waals surface area contributed by atoms with E-state index >= 15 is 0 Å². The third-order valence-corrected chi connectivity index (χ3v) is 7.01. The molecule has 0 spiro atoms. The molecule has 11 heteroatoms. The van der Waals surface area contributed by atoms with Crippen LogP contribution in [0.2, 0.25) is 0 Å². The number of fused-ring (bicyclic) bond motifs is 1. The van der Waals surface area contributed by atoms with E-state index in [2.05, 4.69) is 29.1 Å². The molecular weight excluding hydrogens is 468 g/mol. The summed E-state index contributed by atoms with van der Waals surface area (Å²) in [5.41, 5.74) is 1.10. The van der Waals surface area contributed by atoms with Crippen LogP contribution in [0.4, 0.5) is 10.6 Å². The lowest BCUT2D eigenvalue weighted by Gasteiger charge is -2.44. The van der Waals surface area contributed by atoms with E-state index < -0.39 is 15.6 Å². The molecule has 0 bridgehead atoms. The van der Waals surface area contributed by atoms with E-state index in [1.54, 1.807) is 24.3 Å². The average Bonchev–Trinajstić information content (AvgIpc) is 3.06. The fourth-order valence-electron chi connectivity index (χ4n) is 3.56. The van der Waals surface area contributed by atoms with Crippen molar-refractivity contribution in [2.75, 3.05) is 62.7 Å². The number of nitrogens with one attached hydrogen (secondary N) is 1. The first-order valence-electron chi connectivity index (χ1n) is 11.9. The number of nitrogens with zero attached hydrogens (tertiary/aromatic N) is 5. The Hall–Kier alpha value is -2.53. The molecule has 3 heterocycles. The minimum atomic E-state index is -0.638. The van der Waals surface area contributed by atoms with Crippen LogP contribution in [0.5, 0.6) is 0 Å². The maximum absolute atomic E-state index is 12.7. The van der Waals surface area contributed by atoms with E-state index in [-0.39, 0.29) is 18.0 Å². The SMILES string of the molecule is CCNC(=O)c1cn(COCCS(C)(C)C)c2ncc(N3CC(N(C)C(=O)OC(C)(C)C)C3)nc12. The molecule has 1 saturated heterocycles. The van der Waals surface area contributed by atoms with Gasteiger partial charge in [0.25, 0.3) is 5.91 Å². The lowest BCUT2D eigenvalue weighted by atomic mass is 10.1. The lowest BCUT2D eigenvalue weighted by Crippen LogP contribution is -2.60. The Morgan fingerprint density at radius 1 is 1.26 bits per heavy atom. The van der Waals surface area contributed by atoms with Crippen molar-refractivity contribution in [1.29, 1.82) is 0 Å². The van der Waals surface area contributed by atoms with Crippen molar-refractivity contribution in [3.8, 4) is 0 Å². The summed E-state index contributed by atoms with van der Waals surface area (Å²) in [6.07, 6.45) is 9.91. The number of carbonyl (C=O) groups is 2. The zero-order chi connectivity index (χ0) is 26.0. The van der Waals surface area contributed by atoms with Gasteiger partial charge in [-0.2, -0.15) is 0 Å². The first kappa shape index (κ1) is 27.1. The van der Waals surface area contributed by atoms with E-state index in [0.717, 1.165) is 5.75 Å². The third kappa shape index (κ3) is 7.00. The molecule has 0 saturated carbocycles. The van der Waals surface area contributed by atoms with Crippen LogP contribution in [0.3, 0.4) is 0 Å². The number of hydrogen-bond donors (Lipinski definition) is 1. The van der Waals surface area contributed by atoms with Gasteiger partial charge < -0.3 is 29.2 Å². The number of carbonyl (C=O) groups excluding carboxylic acids is 2. The number of likely N-dealkylation sites (N-methyl/N-ethyl adjacent to an activating group) is 1. The monoisotopic (exact) mass is 508 g/mol. The largest absolute Gasteiger partial charge is 0.444 e. The Labute approximate surface area is 209 Å². The van der Waals surface area contributed by atoms with Gasteiger partial charge in [0.1, 0.15) is 23.7 Å². The van der Waals surface area contributed by atoms with Crippen LogP contribution in [0.1, 0.15) is 38.1 Å². The molecule has 1 N–H and O–H groups in total. The summed E-state index contributed by atoms with van der Waals surface area (Å²) in [5.74, 6) is 1.50. The van der Waals surface area contributed by atoms with Gasteiger partial charge in [-0.3, -0.25) is 4.79 Å². The van der Waals surface area contributed by atoms with Crippen molar-refractivity contribution >= 4 is 39.0 Å². The number of amides is 2. The minimum Gasteiger partial charge on any atom is -0.444 e. The van der Waals surface area contributed by atoms with Crippen LogP contribution in [-0.2, 0) is 16.2 Å². The number of rotatable bonds is 9. The van der Waals surface area contributed by atoms with Crippen molar-refractivity contribution in [1.82, 2.24) is 24.8 Å². The van der Waals surface area contributed by atoms with Gasteiger partial charge >= 0.3 is 6.09 Å². The highest BCUT2D eigenvalue weighted by molar-refractivity contribution is 8.32. The number of ether oxygens (including phenoxy) is 2. The fourth-order valence-corrected chi connectivity index (χ4v) is 4.18. The highest BCUT2D eigenvalue weighted by atomic mass is 32.3. The van der Waals surface area contributed by atoms with Crippen LogP contribution >= 0.6 is 10.0 Å². The fraction of sp³-hybridized carbons (Fsp3) is 0.667. The molecule has 0 radical (unpaired) electrons. The quantitative estimate of drug-likeness (QED) is 0.520. The second-order valence-electron chi connectivity index (χ2n) is 10.8. The molecule has 35 heavy (non-hydrogen) atoms. The van der Waals surface area contributed by atoms with Gasteiger partial charge in [-0.25, -0.2) is 24.8 Å². The zero-order valence-corrected chi connectivity index (χ0v) is 23.1. The van der Waals surface area contributed by atoms with E-state index in [0.29, 0.717) is 55.5 Å². The Morgan fingerprint density at radius 3 is 2.54 bits per heavy atom. The molecule has 1 aliphatic rings. The molecule has 0 unspecified atom stereocenters. The Kier molecular flexibility index (Phi) is 8.21. The molecule has 2 aromatic heterocycles. The molecule has 2 amide bonds. The topological polar surface area (TPSA) is 102 Å². The molecular formula is C24H40N6O4S. The summed E-state index contributed by atoms with van der Waals surface area (Å²) in [5, 5.41) is 2.85. The average molecular weight is 509 g/mol. The molecule has 1 aliphatic heterocycles. The maximum atomic E-state index is 12.7. The lowest BCUT2D eigenvalue weighted by molar-refractivity contribution is 0.0196. The highest BCUT2D eigenvalue weighted by Gasteiger charge is 2.35. The van der Waals surface area contributed by atoms with Crippen LogP contribution in [0, 0.1) is 0 Å². The summed E-state index contributed by atoms with van der Waals surface area (Å²) in [4.78, 5) is 38.2. The maximum Gasteiger partial charge on any atom is 0.410 e. The summed E-state index contributed by atoms with van der Waals surface area (Å²) >= 11 is 0. The normalized spacial score (nSPS) is 15.1. The van der Waals surface area contributed by atoms with Gasteiger partial charge in [-0.1, -0.05) is 0 Å². The number of aromatic nitrogens is 3. The van der Waals surface area contributed by atoms with Gasteiger partial charge in [-0.05, 0) is 46.5 Å². The van der Waals surface area contributed by atoms with Crippen molar-refractivity contribution in [3.05, 3.63) is 18.0 Å². The first-order valence-corrected chi connectivity index (χ1v) is 14.9. The molecule has 0 atom stereocenters. The zero-order valence-electron chi connectivity index (χ0n) is 22.3. The summed E-state index contributed by atoms with van der Waals surface area (Å²) in [7, 11) is 1.11. The van der Waals surface area contributed by atoms with Gasteiger partial charge in [0.15, 0.2) is 5.65 Å². The van der Waals surface area contributed by atoms with E-state index in [9.17, 15) is 9.59 Å². The molecule has 10 nitrogen and oxygen atoms in total. The van der Waals surface area contributed by atoms with Gasteiger partial charge in [0.2, 0.25) is 0 Å². The number of anilines is 1. The minimum absolute atomic E-state index is 0.0214. The van der Waals surface area contributed by atoms with Crippen LogP contribution in [0.25, 0.3) is 11.2 Å². The van der Waals surface area contributed by atoms with Crippen LogP contribution in [0.15, 0.2) is 12.4 Å². The highest BCUT2D eigenvalue weighted by Crippen LogP contribution is 2.33. The van der Waals surface area contributed by atoms with Crippen molar-refractivity contribution in [3.63, 3.8) is 0 Å². The van der Waals surface area contributed by atoms with Gasteiger partial charge in [0.05, 0.1) is 24.4 Å². The van der Waals surface area contributed by atoms with Crippen molar-refractivity contribution in [2.45, 2.75) is 46.1 Å². The molecule has 0 aliphatic carbocycles. The molecule has 1 fully saturated rings. The predicted molar refractivity (Wildman–Crippen MR) is 142 cm³/mol. The van der Waals surface area contributed by atoms with Crippen molar-refractivity contribution in [2.24, 2.45) is 0 Å². The molecule has 3 rings (SSSR count). The Bertz CT molecular complexity index is 1050. The summed E-state index contributed by atoms with van der Waals surface area (Å²) in [6, 6.07) is 0.0214. The van der Waals surface area contributed by atoms with E-state index in [4.69, 9.17) is 14.5 Å². The Balaban J connectivity index is 1.74. The standard InChI is InChI=1S/C24H40N6O4S/c1-9-25-22(31)18-15-30(16-33-10-11-35(6,7)8)21-20(18)27-19(12-26-21)29-13-17(14-29)28(5)23(32)34-24(2,3)4/h12,15,17H,9-11,13-14,16H2,1-8H3,(H,25,31). The van der Waals surface area contributed by atoms with Gasteiger partial charge in [0, 0.05) is 38.6 Å². The molecule has 196 valence electrons. The summed E-state index contributed by atoms with van der Waals surface area (Å²) in [6.45, 7) is 10.2. The molecule has 0 aromatic carbocycles. The van der Waals surface area contributed by atoms with E-state index in [1.165, 1.54) is 0 Å².